The molecule has 2 aromatic heterocycles. The minimum Gasteiger partial charge on any atom is -0.489 e. The Morgan fingerprint density at radius 3 is 2.69 bits per heavy atom. The molecule has 12 nitrogen and oxygen atoms in total. The molecule has 0 spiro atoms. The molecule has 0 aromatic carbocycles. The SMILES string of the molecule is COc1c(Nc2ccc(NCC(O)CO)nc2C)ncnc1OC1CCN(C(=O)O)CC1. The Labute approximate surface area is 185 Å². The molecule has 0 aliphatic carbocycles. The molecule has 1 saturated heterocycles. The van der Waals surface area contributed by atoms with Gasteiger partial charge in [-0.3, -0.25) is 0 Å². The van der Waals surface area contributed by atoms with Crippen LogP contribution in [0.25, 0.3) is 0 Å². The van der Waals surface area contributed by atoms with Crippen LogP contribution in [0.15, 0.2) is 18.5 Å². The fourth-order valence-electron chi connectivity index (χ4n) is 3.24. The molecule has 5 N–H and O–H groups in total. The van der Waals surface area contributed by atoms with E-state index in [2.05, 4.69) is 25.6 Å². The van der Waals surface area contributed by atoms with Crippen LogP contribution in [0.1, 0.15) is 18.5 Å². The van der Waals surface area contributed by atoms with Gasteiger partial charge in [-0.25, -0.2) is 14.8 Å². The van der Waals surface area contributed by atoms with Crippen LogP contribution in [0.4, 0.5) is 22.1 Å². The number of amides is 1. The van der Waals surface area contributed by atoms with Crippen molar-refractivity contribution in [3.8, 4) is 11.6 Å². The summed E-state index contributed by atoms with van der Waals surface area (Å²) < 4.78 is 11.5. The maximum absolute atomic E-state index is 11.1. The average molecular weight is 448 g/mol. The molecule has 0 radical (unpaired) electrons. The van der Waals surface area contributed by atoms with Gasteiger partial charge in [0.2, 0.25) is 5.75 Å². The Balaban J connectivity index is 1.69. The van der Waals surface area contributed by atoms with E-state index in [0.29, 0.717) is 54.7 Å². The highest BCUT2D eigenvalue weighted by Crippen LogP contribution is 2.35. The Hall–Kier alpha value is -3.38. The lowest BCUT2D eigenvalue weighted by molar-refractivity contribution is 0.0852. The smallest absolute Gasteiger partial charge is 0.407 e. The topological polar surface area (TPSA) is 162 Å². The van der Waals surface area contributed by atoms with Gasteiger partial charge in [0, 0.05) is 32.5 Å². The molecule has 1 aliphatic rings. The summed E-state index contributed by atoms with van der Waals surface area (Å²) >= 11 is 0. The number of pyridine rings is 1. The number of likely N-dealkylation sites (tertiary alicyclic amines) is 1. The Morgan fingerprint density at radius 1 is 1.31 bits per heavy atom. The summed E-state index contributed by atoms with van der Waals surface area (Å²) in [5, 5.41) is 33.6. The maximum Gasteiger partial charge on any atom is 0.407 e. The van der Waals surface area contributed by atoms with E-state index in [1.54, 1.807) is 12.1 Å². The first-order valence-electron chi connectivity index (χ1n) is 10.2. The molecule has 1 amide bonds. The van der Waals surface area contributed by atoms with E-state index >= 15 is 0 Å². The number of hydrogen-bond acceptors (Lipinski definition) is 10. The van der Waals surface area contributed by atoms with Gasteiger partial charge in [-0.15, -0.1) is 0 Å². The Morgan fingerprint density at radius 2 is 2.06 bits per heavy atom. The van der Waals surface area contributed by atoms with E-state index in [1.165, 1.54) is 18.3 Å². The van der Waals surface area contributed by atoms with Crippen LogP contribution in [0.5, 0.6) is 11.6 Å². The van der Waals surface area contributed by atoms with Gasteiger partial charge >= 0.3 is 6.09 Å². The van der Waals surface area contributed by atoms with Crippen LogP contribution in [0.3, 0.4) is 0 Å². The zero-order valence-electron chi connectivity index (χ0n) is 18.0. The number of carbonyl (C=O) groups is 1. The molecule has 32 heavy (non-hydrogen) atoms. The first-order chi connectivity index (χ1) is 15.4. The lowest BCUT2D eigenvalue weighted by Crippen LogP contribution is -2.41. The second kappa shape index (κ2) is 10.8. The van der Waals surface area contributed by atoms with Crippen molar-refractivity contribution in [3.63, 3.8) is 0 Å². The molecule has 3 rings (SSSR count). The number of aliphatic hydroxyl groups is 2. The number of anilines is 3. The standard InChI is InChI=1S/C20H28N6O6/c1-12-15(3-4-16(24-12)21-9-13(28)10-27)25-18-17(31-2)19(23-11-22-18)32-14-5-7-26(8-6-14)20(29)30/h3-4,11,13-14,27-28H,5-10H2,1-2H3,(H,21,24)(H,29,30)(H,22,23,25). The van der Waals surface area contributed by atoms with Crippen molar-refractivity contribution in [2.45, 2.75) is 32.0 Å². The Bertz CT molecular complexity index is 921. The highest BCUT2D eigenvalue weighted by Gasteiger charge is 2.25. The molecule has 1 unspecified atom stereocenters. The number of aliphatic hydroxyl groups excluding tert-OH is 2. The third-order valence-electron chi connectivity index (χ3n) is 5.03. The van der Waals surface area contributed by atoms with E-state index in [9.17, 15) is 9.90 Å². The molecular formula is C20H28N6O6. The monoisotopic (exact) mass is 448 g/mol. The van der Waals surface area contributed by atoms with Gasteiger partial charge in [-0.1, -0.05) is 0 Å². The third kappa shape index (κ3) is 5.86. The van der Waals surface area contributed by atoms with Crippen molar-refractivity contribution >= 4 is 23.4 Å². The van der Waals surface area contributed by atoms with E-state index in [-0.39, 0.29) is 25.1 Å². The van der Waals surface area contributed by atoms with Crippen LogP contribution in [-0.4, -0.2) is 86.8 Å². The zero-order valence-corrected chi connectivity index (χ0v) is 18.0. The molecule has 0 saturated carbocycles. The van der Waals surface area contributed by atoms with Crippen LogP contribution >= 0.6 is 0 Å². The number of ether oxygens (including phenoxy) is 2. The van der Waals surface area contributed by atoms with Crippen molar-refractivity contribution in [1.82, 2.24) is 19.9 Å². The average Bonchev–Trinajstić information content (AvgIpc) is 2.79. The lowest BCUT2D eigenvalue weighted by Gasteiger charge is -2.30. The van der Waals surface area contributed by atoms with Crippen molar-refractivity contribution in [2.75, 3.05) is 44.0 Å². The van der Waals surface area contributed by atoms with Crippen LogP contribution < -0.4 is 20.1 Å². The molecule has 1 atom stereocenters. The number of aryl methyl sites for hydroxylation is 1. The van der Waals surface area contributed by atoms with E-state index < -0.39 is 12.2 Å². The molecule has 12 heteroatoms. The number of carboxylic acid groups (broad SMARTS) is 1. The molecular weight excluding hydrogens is 420 g/mol. The van der Waals surface area contributed by atoms with Crippen LogP contribution in [0, 0.1) is 6.92 Å². The third-order valence-corrected chi connectivity index (χ3v) is 5.03. The van der Waals surface area contributed by atoms with Gasteiger partial charge < -0.3 is 40.3 Å². The van der Waals surface area contributed by atoms with Gasteiger partial charge in [-0.2, -0.15) is 4.98 Å². The summed E-state index contributed by atoms with van der Waals surface area (Å²) in [6, 6.07) is 3.54. The maximum atomic E-state index is 11.1. The van der Waals surface area contributed by atoms with Crippen molar-refractivity contribution in [2.24, 2.45) is 0 Å². The highest BCUT2D eigenvalue weighted by molar-refractivity contribution is 5.67. The number of piperidine rings is 1. The summed E-state index contributed by atoms with van der Waals surface area (Å²) in [6.45, 7) is 2.47. The van der Waals surface area contributed by atoms with Crippen LogP contribution in [-0.2, 0) is 0 Å². The van der Waals surface area contributed by atoms with Crippen molar-refractivity contribution in [1.29, 1.82) is 0 Å². The predicted octanol–water partition coefficient (Wildman–Crippen LogP) is 1.22. The van der Waals surface area contributed by atoms with Gasteiger partial charge in [0.05, 0.1) is 31.2 Å². The van der Waals surface area contributed by atoms with Gasteiger partial charge in [-0.05, 0) is 19.1 Å². The number of hydrogen-bond donors (Lipinski definition) is 5. The second-order valence-electron chi connectivity index (χ2n) is 7.32. The molecule has 2 aromatic rings. The summed E-state index contributed by atoms with van der Waals surface area (Å²) in [4.78, 5) is 25.3. The fraction of sp³-hybridized carbons (Fsp3) is 0.500. The van der Waals surface area contributed by atoms with E-state index in [4.69, 9.17) is 19.7 Å². The quantitative estimate of drug-likeness (QED) is 0.375. The van der Waals surface area contributed by atoms with Gasteiger partial charge in [0.1, 0.15) is 18.2 Å². The van der Waals surface area contributed by atoms with Gasteiger partial charge in [0.15, 0.2) is 5.82 Å². The number of nitrogens with one attached hydrogen (secondary N) is 2. The number of methoxy groups -OCH3 is 1. The molecule has 3 heterocycles. The highest BCUT2D eigenvalue weighted by atomic mass is 16.5. The van der Waals surface area contributed by atoms with Crippen molar-refractivity contribution < 1.29 is 29.6 Å². The largest absolute Gasteiger partial charge is 0.489 e. The van der Waals surface area contributed by atoms with Crippen LogP contribution in [0.2, 0.25) is 0 Å². The molecule has 174 valence electrons. The minimum atomic E-state index is -0.927. The zero-order chi connectivity index (χ0) is 23.1. The molecule has 1 aliphatic heterocycles. The summed E-state index contributed by atoms with van der Waals surface area (Å²) in [6.07, 6.45) is 0.515. The molecule has 0 bridgehead atoms. The summed E-state index contributed by atoms with van der Waals surface area (Å²) in [5.74, 6) is 1.58. The number of nitrogens with zero attached hydrogens (tertiary/aromatic N) is 4. The van der Waals surface area contributed by atoms with Crippen molar-refractivity contribution in [3.05, 3.63) is 24.2 Å². The number of aromatic nitrogens is 3. The normalized spacial score (nSPS) is 15.2. The summed E-state index contributed by atoms with van der Waals surface area (Å²) in [5.41, 5.74) is 1.37. The summed E-state index contributed by atoms with van der Waals surface area (Å²) in [7, 11) is 1.49. The first-order valence-corrected chi connectivity index (χ1v) is 10.2. The van der Waals surface area contributed by atoms with E-state index in [1.807, 2.05) is 6.92 Å². The lowest BCUT2D eigenvalue weighted by atomic mass is 10.1. The van der Waals surface area contributed by atoms with Gasteiger partial charge in [0.25, 0.3) is 5.88 Å². The Kier molecular flexibility index (Phi) is 7.84. The van der Waals surface area contributed by atoms with E-state index in [0.717, 1.165) is 0 Å². The minimum absolute atomic E-state index is 0.176. The fourth-order valence-corrected chi connectivity index (χ4v) is 3.24. The predicted molar refractivity (Wildman–Crippen MR) is 116 cm³/mol. The molecule has 1 fully saturated rings. The number of rotatable bonds is 9. The first kappa shape index (κ1) is 23.3. The second-order valence-corrected chi connectivity index (χ2v) is 7.32.